The first-order valence-electron chi connectivity index (χ1n) is 10.6. The fraction of sp³-hybridized carbons (Fsp3) is 0.200. The predicted molar refractivity (Wildman–Crippen MR) is 124 cm³/mol. The summed E-state index contributed by atoms with van der Waals surface area (Å²) >= 11 is 0. The van der Waals surface area contributed by atoms with Gasteiger partial charge in [-0.2, -0.15) is 26.3 Å². The monoisotopic (exact) mass is 525 g/mol. The van der Waals surface area contributed by atoms with Gasteiger partial charge in [-0.05, 0) is 68.5 Å². The molecular weight excluding hydrogens is 504 g/mol. The summed E-state index contributed by atoms with van der Waals surface area (Å²) in [6.07, 6.45) is -8.71. The van der Waals surface area contributed by atoms with Crippen molar-refractivity contribution in [1.29, 1.82) is 0 Å². The molecule has 6 nitrogen and oxygen atoms in total. The van der Waals surface area contributed by atoms with Gasteiger partial charge >= 0.3 is 12.4 Å². The highest BCUT2D eigenvalue weighted by molar-refractivity contribution is 6.04. The Morgan fingerprint density at radius 3 is 2.08 bits per heavy atom. The molecule has 0 saturated carbocycles. The topological polar surface area (TPSA) is 78.7 Å². The largest absolute Gasteiger partial charge is 0.629 e. The quantitative estimate of drug-likeness (QED) is 0.317. The lowest BCUT2D eigenvalue weighted by atomic mass is 10.0. The fourth-order valence-corrected chi connectivity index (χ4v) is 3.35. The maximum absolute atomic E-state index is 13.1. The summed E-state index contributed by atoms with van der Waals surface area (Å²) in [5, 5.41) is 13.7. The Kier molecular flexibility index (Phi) is 7.65. The second kappa shape index (κ2) is 10.2. The number of hydrogen-bond acceptors (Lipinski definition) is 4. The number of pyridine rings is 1. The van der Waals surface area contributed by atoms with E-state index < -0.39 is 35.0 Å². The molecular formula is C25H21F6N3O3. The number of aromatic nitrogens is 1. The normalized spacial score (nSPS) is 12.7. The number of carbonyl (C=O) groups is 1. The molecule has 3 aromatic rings. The summed E-state index contributed by atoms with van der Waals surface area (Å²) < 4.78 is 84.5. The molecule has 0 spiro atoms. The molecule has 0 radical (unpaired) electrons. The molecule has 12 heteroatoms. The summed E-state index contributed by atoms with van der Waals surface area (Å²) in [7, 11) is 1.36. The molecule has 1 atom stereocenters. The van der Waals surface area contributed by atoms with Crippen LogP contribution in [-0.2, 0) is 12.4 Å². The third-order valence-corrected chi connectivity index (χ3v) is 5.37. The van der Waals surface area contributed by atoms with Crippen molar-refractivity contribution in [1.82, 2.24) is 4.98 Å². The lowest BCUT2D eigenvalue weighted by Crippen LogP contribution is -3.00. The zero-order valence-corrected chi connectivity index (χ0v) is 19.8. The third kappa shape index (κ3) is 6.46. The van der Waals surface area contributed by atoms with Crippen molar-refractivity contribution in [2.75, 3.05) is 12.4 Å². The molecule has 0 aliphatic carbocycles. The molecule has 1 aromatic heterocycles. The molecule has 2 N–H and O–H groups in total. The molecule has 1 unspecified atom stereocenters. The van der Waals surface area contributed by atoms with Crippen LogP contribution in [0, 0.1) is 19.1 Å². The molecule has 1 heterocycles. The Morgan fingerprint density at radius 1 is 0.973 bits per heavy atom. The first-order chi connectivity index (χ1) is 17.1. The van der Waals surface area contributed by atoms with Crippen LogP contribution >= 0.6 is 0 Å². The molecule has 37 heavy (non-hydrogen) atoms. The number of amides is 1. The van der Waals surface area contributed by atoms with Gasteiger partial charge in [-0.25, -0.2) is 0 Å². The molecule has 0 bridgehead atoms. The van der Waals surface area contributed by atoms with Crippen molar-refractivity contribution < 1.29 is 40.9 Å². The Balaban J connectivity index is 1.86. The van der Waals surface area contributed by atoms with Gasteiger partial charge in [0, 0.05) is 23.0 Å². The predicted octanol–water partition coefficient (Wildman–Crippen LogP) is 5.76. The van der Waals surface area contributed by atoms with Crippen LogP contribution in [0.5, 0.6) is 11.5 Å². The van der Waals surface area contributed by atoms with Crippen molar-refractivity contribution in [3.05, 3.63) is 94.0 Å². The number of hydrogen-bond donors (Lipinski definition) is 2. The summed E-state index contributed by atoms with van der Waals surface area (Å²) in [6, 6.07) is 6.53. The van der Waals surface area contributed by atoms with Crippen molar-refractivity contribution in [2.24, 2.45) is 0 Å². The summed E-state index contributed by atoms with van der Waals surface area (Å²) in [6.45, 7) is 7.04. The van der Waals surface area contributed by atoms with Gasteiger partial charge in [0.05, 0.1) is 18.2 Å². The van der Waals surface area contributed by atoms with Crippen LogP contribution in [0.4, 0.5) is 32.0 Å². The summed E-state index contributed by atoms with van der Waals surface area (Å²) in [4.78, 5) is 16.7. The van der Waals surface area contributed by atoms with Crippen LogP contribution in [0.2, 0.25) is 0 Å². The van der Waals surface area contributed by atoms with Crippen LogP contribution in [0.25, 0.3) is 5.70 Å². The van der Waals surface area contributed by atoms with E-state index in [-0.39, 0.29) is 22.5 Å². The van der Waals surface area contributed by atoms with Crippen LogP contribution in [-0.4, -0.2) is 17.9 Å². The number of quaternary nitrogens is 1. The van der Waals surface area contributed by atoms with E-state index in [0.717, 1.165) is 0 Å². The van der Waals surface area contributed by atoms with E-state index in [9.17, 15) is 36.3 Å². The van der Waals surface area contributed by atoms with Crippen LogP contribution < -0.4 is 15.1 Å². The highest BCUT2D eigenvalue weighted by Gasteiger charge is 2.37. The number of nitrogens with zero attached hydrogens (tertiary/aromatic N) is 1. The van der Waals surface area contributed by atoms with Gasteiger partial charge in [0.15, 0.2) is 0 Å². The number of carbonyl (C=O) groups excluding carboxylic acids is 1. The second-order valence-electron chi connectivity index (χ2n) is 8.15. The lowest BCUT2D eigenvalue weighted by Gasteiger charge is -2.20. The van der Waals surface area contributed by atoms with Crippen molar-refractivity contribution >= 4 is 17.3 Å². The molecule has 0 aliphatic rings. The van der Waals surface area contributed by atoms with E-state index in [4.69, 9.17) is 4.74 Å². The maximum Gasteiger partial charge on any atom is 0.416 e. The van der Waals surface area contributed by atoms with E-state index in [1.807, 2.05) is 0 Å². The lowest BCUT2D eigenvalue weighted by molar-refractivity contribution is -0.743. The van der Waals surface area contributed by atoms with Gasteiger partial charge in [0.25, 0.3) is 5.91 Å². The zero-order valence-electron chi connectivity index (χ0n) is 19.8. The maximum atomic E-state index is 13.1. The number of alkyl halides is 6. The molecule has 0 saturated heterocycles. The average molecular weight is 525 g/mol. The molecule has 3 rings (SSSR count). The van der Waals surface area contributed by atoms with Crippen molar-refractivity contribution in [2.45, 2.75) is 26.2 Å². The average Bonchev–Trinajstić information content (AvgIpc) is 2.80. The number of halogens is 6. The Morgan fingerprint density at radius 2 is 1.57 bits per heavy atom. The highest BCUT2D eigenvalue weighted by atomic mass is 19.4. The van der Waals surface area contributed by atoms with E-state index in [1.54, 1.807) is 19.9 Å². The number of hydroxylamine groups is 2. The van der Waals surface area contributed by atoms with E-state index in [2.05, 4.69) is 16.9 Å². The number of ether oxygens (including phenoxy) is 1. The van der Waals surface area contributed by atoms with Crippen LogP contribution in [0.3, 0.4) is 0 Å². The first-order valence-corrected chi connectivity index (χ1v) is 10.6. The minimum absolute atomic E-state index is 0.0503. The van der Waals surface area contributed by atoms with Crippen molar-refractivity contribution in [3.8, 4) is 11.5 Å². The Labute approximate surface area is 207 Å². The molecule has 0 aliphatic heterocycles. The van der Waals surface area contributed by atoms with E-state index in [0.29, 0.717) is 40.5 Å². The standard InChI is InChI=1S/C25H21F6N3O3/c1-13-9-19(5-6-20(13)37-21-7-8-32-22(14(21)2)15(3)34(4)36)33-23(35)16-10-17(24(26,27)28)12-18(11-16)25(29,30)31/h5-12,34H,3H2,1-2,4H3,(H,33,35). The van der Waals surface area contributed by atoms with Gasteiger partial charge in [0.1, 0.15) is 22.9 Å². The molecule has 2 aromatic carbocycles. The first kappa shape index (κ1) is 27.7. The third-order valence-electron chi connectivity index (χ3n) is 5.37. The SMILES string of the molecule is C=C(c1nccc(Oc2ccc(NC(=O)c3cc(C(F)(F)F)cc(C(F)(F)F)c3)cc2C)c1C)[NH+](C)[O-]. The minimum Gasteiger partial charge on any atom is -0.629 e. The van der Waals surface area contributed by atoms with Crippen molar-refractivity contribution in [3.63, 3.8) is 0 Å². The van der Waals surface area contributed by atoms with Gasteiger partial charge in [0.2, 0.25) is 0 Å². The van der Waals surface area contributed by atoms with Crippen LogP contribution in [0.1, 0.15) is 38.3 Å². The Hall–Kier alpha value is -3.90. The van der Waals surface area contributed by atoms with Gasteiger partial charge in [-0.15, -0.1) is 0 Å². The highest BCUT2D eigenvalue weighted by Crippen LogP contribution is 2.37. The number of aryl methyl sites for hydroxylation is 1. The van der Waals surface area contributed by atoms with Gasteiger partial charge < -0.3 is 20.3 Å². The molecule has 0 fully saturated rings. The summed E-state index contributed by atoms with van der Waals surface area (Å²) in [5.41, 5.74) is -2.22. The number of rotatable bonds is 6. The van der Waals surface area contributed by atoms with Crippen LogP contribution in [0.15, 0.2) is 55.2 Å². The Bertz CT molecular complexity index is 1320. The molecule has 196 valence electrons. The smallest absolute Gasteiger partial charge is 0.416 e. The fourth-order valence-electron chi connectivity index (χ4n) is 3.35. The van der Waals surface area contributed by atoms with Gasteiger partial charge in [-0.3, -0.25) is 9.78 Å². The second-order valence-corrected chi connectivity index (χ2v) is 8.15. The minimum atomic E-state index is -5.08. The number of nitrogens with one attached hydrogen (secondary N) is 2. The zero-order chi connectivity index (χ0) is 27.7. The molecule has 1 amide bonds. The van der Waals surface area contributed by atoms with Gasteiger partial charge in [-0.1, -0.05) is 0 Å². The number of anilines is 1. The van der Waals surface area contributed by atoms with E-state index >= 15 is 0 Å². The number of benzene rings is 2. The summed E-state index contributed by atoms with van der Waals surface area (Å²) in [5.74, 6) is -0.414. The van der Waals surface area contributed by atoms with E-state index in [1.165, 1.54) is 31.4 Å².